The van der Waals surface area contributed by atoms with E-state index in [2.05, 4.69) is 41.7 Å². The van der Waals surface area contributed by atoms with Crippen LogP contribution in [0.2, 0.25) is 0 Å². The van der Waals surface area contributed by atoms with Gasteiger partial charge in [-0.1, -0.05) is 52.2 Å². The van der Waals surface area contributed by atoms with Gasteiger partial charge in [-0.2, -0.15) is 10.2 Å². The van der Waals surface area contributed by atoms with Crippen LogP contribution in [0.15, 0.2) is 41.2 Å². The second-order valence-corrected chi connectivity index (χ2v) is 7.27. The molecule has 0 N–H and O–H groups in total. The van der Waals surface area contributed by atoms with Crippen molar-refractivity contribution < 1.29 is 0 Å². The van der Waals surface area contributed by atoms with Crippen LogP contribution in [0.1, 0.15) is 67.7 Å². The van der Waals surface area contributed by atoms with Gasteiger partial charge in [0.05, 0.1) is 5.69 Å². The molecular formula is C23H32N4. The monoisotopic (exact) mass is 364 g/mol. The van der Waals surface area contributed by atoms with E-state index in [1.165, 1.54) is 25.7 Å². The highest BCUT2D eigenvalue weighted by atomic mass is 15.1. The van der Waals surface area contributed by atoms with Crippen LogP contribution in [-0.4, -0.2) is 17.0 Å². The van der Waals surface area contributed by atoms with E-state index in [1.807, 2.05) is 32.2 Å². The van der Waals surface area contributed by atoms with Crippen molar-refractivity contribution in [2.24, 2.45) is 16.1 Å². The van der Waals surface area contributed by atoms with Gasteiger partial charge in [0.1, 0.15) is 5.82 Å². The molecule has 0 spiro atoms. The number of nitrogens with zero attached hydrogens (tertiary/aromatic N) is 4. The lowest BCUT2D eigenvalue weighted by molar-refractivity contribution is 0.309. The summed E-state index contributed by atoms with van der Waals surface area (Å²) in [7, 11) is 1.68. The standard InChI is InChI=1S/C20H24N4.C3H8/c1-13-10-17(8-9-19(13)24-21-4)14(2)18-12-22-20(23-15(18)3)11-16-6-5-7-16;1-3-2/h8-10,12,16H,2,5-7,11H2,1,3-4H3;3H2,1-2H3. The highest BCUT2D eigenvalue weighted by Gasteiger charge is 2.19. The maximum atomic E-state index is 4.71. The largest absolute Gasteiger partial charge is 0.241 e. The Labute approximate surface area is 163 Å². The Hall–Kier alpha value is -2.36. The van der Waals surface area contributed by atoms with Crippen molar-refractivity contribution in [2.45, 2.75) is 59.8 Å². The molecule has 0 bridgehead atoms. The van der Waals surface area contributed by atoms with Crippen molar-refractivity contribution >= 4 is 11.3 Å². The summed E-state index contributed by atoms with van der Waals surface area (Å²) in [4.78, 5) is 9.28. The Morgan fingerprint density at radius 2 is 1.93 bits per heavy atom. The van der Waals surface area contributed by atoms with Gasteiger partial charge in [-0.05, 0) is 48.6 Å². The SMILES string of the molecule is C=C(c1ccc(N=NC)c(C)c1)c1cnc(CC2CCC2)nc1C.CCC. The van der Waals surface area contributed by atoms with Crippen molar-refractivity contribution in [1.82, 2.24) is 9.97 Å². The minimum Gasteiger partial charge on any atom is -0.241 e. The molecule has 1 aliphatic carbocycles. The lowest BCUT2D eigenvalue weighted by Gasteiger charge is -2.24. The van der Waals surface area contributed by atoms with Crippen LogP contribution < -0.4 is 0 Å². The van der Waals surface area contributed by atoms with E-state index < -0.39 is 0 Å². The Balaban J connectivity index is 0.000000817. The summed E-state index contributed by atoms with van der Waals surface area (Å²) in [6.07, 6.45) is 8.16. The van der Waals surface area contributed by atoms with Gasteiger partial charge in [-0.3, -0.25) is 0 Å². The predicted octanol–water partition coefficient (Wildman–Crippen LogP) is 6.63. The number of rotatable bonds is 5. The van der Waals surface area contributed by atoms with E-state index >= 15 is 0 Å². The number of aromatic nitrogens is 2. The number of hydrogen-bond donors (Lipinski definition) is 0. The highest BCUT2D eigenvalue weighted by molar-refractivity contribution is 5.79. The molecule has 1 aromatic heterocycles. The van der Waals surface area contributed by atoms with Crippen molar-refractivity contribution in [3.05, 3.63) is 59.2 Å². The molecule has 1 saturated carbocycles. The van der Waals surface area contributed by atoms with Crippen LogP contribution in [0.3, 0.4) is 0 Å². The average Bonchev–Trinajstić information content (AvgIpc) is 2.60. The topological polar surface area (TPSA) is 50.5 Å². The molecule has 144 valence electrons. The minimum atomic E-state index is 0.779. The van der Waals surface area contributed by atoms with Crippen LogP contribution >= 0.6 is 0 Å². The van der Waals surface area contributed by atoms with Crippen molar-refractivity contribution in [2.75, 3.05) is 7.05 Å². The summed E-state index contributed by atoms with van der Waals surface area (Å²) in [6, 6.07) is 6.10. The summed E-state index contributed by atoms with van der Waals surface area (Å²) in [5, 5.41) is 7.96. The molecule has 0 amide bonds. The first kappa shape index (κ1) is 20.9. The van der Waals surface area contributed by atoms with Gasteiger partial charge in [-0.15, -0.1) is 0 Å². The third-order valence-corrected chi connectivity index (χ3v) is 4.80. The first-order chi connectivity index (χ1) is 13.0. The predicted molar refractivity (Wildman–Crippen MR) is 114 cm³/mol. The van der Waals surface area contributed by atoms with Crippen LogP contribution in [0.5, 0.6) is 0 Å². The fraction of sp³-hybridized carbons (Fsp3) is 0.478. The normalized spacial score (nSPS) is 13.8. The van der Waals surface area contributed by atoms with Crippen LogP contribution in [-0.2, 0) is 6.42 Å². The zero-order chi connectivity index (χ0) is 19.8. The Bertz CT molecular complexity index is 804. The number of benzene rings is 1. The molecule has 4 heteroatoms. The van der Waals surface area contributed by atoms with Gasteiger partial charge in [0.25, 0.3) is 0 Å². The fourth-order valence-corrected chi connectivity index (χ4v) is 3.08. The first-order valence-electron chi connectivity index (χ1n) is 9.92. The first-order valence-corrected chi connectivity index (χ1v) is 9.92. The van der Waals surface area contributed by atoms with Crippen molar-refractivity contribution in [3.63, 3.8) is 0 Å². The quantitative estimate of drug-likeness (QED) is 0.559. The van der Waals surface area contributed by atoms with Crippen LogP contribution in [0, 0.1) is 19.8 Å². The van der Waals surface area contributed by atoms with Crippen LogP contribution in [0.4, 0.5) is 5.69 Å². The summed E-state index contributed by atoms with van der Waals surface area (Å²) < 4.78 is 0. The molecule has 0 aliphatic heterocycles. The summed E-state index contributed by atoms with van der Waals surface area (Å²) in [5.74, 6) is 1.74. The van der Waals surface area contributed by atoms with Gasteiger partial charge in [0.2, 0.25) is 0 Å². The van der Waals surface area contributed by atoms with Gasteiger partial charge in [0.15, 0.2) is 0 Å². The zero-order valence-electron chi connectivity index (χ0n) is 17.4. The Morgan fingerprint density at radius 1 is 1.22 bits per heavy atom. The molecule has 4 nitrogen and oxygen atoms in total. The molecule has 0 saturated heterocycles. The minimum absolute atomic E-state index is 0.779. The van der Waals surface area contributed by atoms with E-state index in [4.69, 9.17) is 4.98 Å². The molecule has 0 atom stereocenters. The van der Waals surface area contributed by atoms with E-state index in [-0.39, 0.29) is 0 Å². The summed E-state index contributed by atoms with van der Waals surface area (Å²) >= 11 is 0. The highest BCUT2D eigenvalue weighted by Crippen LogP contribution is 2.30. The lowest BCUT2D eigenvalue weighted by atomic mass is 9.83. The van der Waals surface area contributed by atoms with Crippen molar-refractivity contribution in [3.8, 4) is 0 Å². The summed E-state index contributed by atoms with van der Waals surface area (Å²) in [5.41, 5.74) is 6.00. The molecule has 3 rings (SSSR count). The zero-order valence-corrected chi connectivity index (χ0v) is 17.4. The maximum Gasteiger partial charge on any atom is 0.128 e. The second-order valence-electron chi connectivity index (χ2n) is 7.27. The molecule has 1 aromatic carbocycles. The summed E-state index contributed by atoms with van der Waals surface area (Å²) in [6.45, 7) is 12.6. The Morgan fingerprint density at radius 3 is 2.44 bits per heavy atom. The lowest BCUT2D eigenvalue weighted by Crippen LogP contribution is -2.16. The third-order valence-electron chi connectivity index (χ3n) is 4.80. The van der Waals surface area contributed by atoms with E-state index in [9.17, 15) is 0 Å². The molecule has 1 fully saturated rings. The molecule has 27 heavy (non-hydrogen) atoms. The number of azo groups is 1. The molecule has 0 radical (unpaired) electrons. The Kier molecular flexibility index (Phi) is 7.83. The smallest absolute Gasteiger partial charge is 0.128 e. The van der Waals surface area contributed by atoms with Gasteiger partial charge >= 0.3 is 0 Å². The average molecular weight is 365 g/mol. The van der Waals surface area contributed by atoms with Crippen molar-refractivity contribution in [1.29, 1.82) is 0 Å². The van der Waals surface area contributed by atoms with Crippen LogP contribution in [0.25, 0.3) is 5.57 Å². The van der Waals surface area contributed by atoms with E-state index in [1.54, 1.807) is 7.05 Å². The molecule has 1 aliphatic rings. The van der Waals surface area contributed by atoms with Gasteiger partial charge < -0.3 is 0 Å². The third kappa shape index (κ3) is 5.56. The van der Waals surface area contributed by atoms with E-state index in [0.29, 0.717) is 0 Å². The molecular weight excluding hydrogens is 332 g/mol. The van der Waals surface area contributed by atoms with E-state index in [0.717, 1.165) is 51.8 Å². The van der Waals surface area contributed by atoms with Gasteiger partial charge in [-0.25, -0.2) is 9.97 Å². The molecule has 1 heterocycles. The number of aryl methyl sites for hydroxylation is 2. The maximum absolute atomic E-state index is 4.71. The number of hydrogen-bond acceptors (Lipinski definition) is 4. The molecule has 2 aromatic rings. The molecule has 0 unspecified atom stereocenters. The second kappa shape index (κ2) is 10.1. The fourth-order valence-electron chi connectivity index (χ4n) is 3.08. The van der Waals surface area contributed by atoms with Gasteiger partial charge in [0, 0.05) is 30.9 Å².